The predicted molar refractivity (Wildman–Crippen MR) is 102 cm³/mol. The van der Waals surface area contributed by atoms with E-state index in [0.29, 0.717) is 13.2 Å². The van der Waals surface area contributed by atoms with E-state index in [0.717, 1.165) is 34.1 Å². The Balaban J connectivity index is 1.47. The molecule has 11 heteroatoms. The number of hydrogen-bond acceptors (Lipinski definition) is 6. The molecule has 1 amide bonds. The molecule has 0 unspecified atom stereocenters. The Hall–Kier alpha value is -2.79. The Morgan fingerprint density at radius 3 is 2.83 bits per heavy atom. The molecule has 0 spiro atoms. The number of nitrogens with zero attached hydrogens (tertiary/aromatic N) is 4. The van der Waals surface area contributed by atoms with Crippen LogP contribution in [0.2, 0.25) is 0 Å². The van der Waals surface area contributed by atoms with E-state index >= 15 is 0 Å². The molecule has 4 heterocycles. The monoisotopic (exact) mass is 437 g/mol. The Morgan fingerprint density at radius 2 is 2.10 bits per heavy atom. The number of aromatic nitrogens is 4. The van der Waals surface area contributed by atoms with Gasteiger partial charge in [0.05, 0.1) is 24.9 Å². The van der Waals surface area contributed by atoms with Crippen LogP contribution in [0.1, 0.15) is 27.4 Å². The summed E-state index contributed by atoms with van der Waals surface area (Å²) in [5, 5.41) is 8.17. The number of thiazole rings is 1. The quantitative estimate of drug-likeness (QED) is 0.664. The Bertz CT molecular complexity index is 1030. The van der Waals surface area contributed by atoms with Crippen LogP contribution < -0.4 is 5.32 Å². The third kappa shape index (κ3) is 4.36. The summed E-state index contributed by atoms with van der Waals surface area (Å²) < 4.78 is 45.9. The molecule has 2 atom stereocenters. The van der Waals surface area contributed by atoms with Crippen LogP contribution in [0.4, 0.5) is 13.2 Å². The van der Waals surface area contributed by atoms with Gasteiger partial charge in [-0.3, -0.25) is 9.78 Å². The summed E-state index contributed by atoms with van der Waals surface area (Å²) in [5.74, 6) is -0.370. The van der Waals surface area contributed by atoms with Crippen molar-refractivity contribution in [1.29, 1.82) is 0 Å². The number of carbonyl (C=O) groups is 1. The summed E-state index contributed by atoms with van der Waals surface area (Å²) in [5.41, 5.74) is 0.420. The number of hydrogen-bond donors (Lipinski definition) is 1. The molecule has 0 bridgehead atoms. The minimum absolute atomic E-state index is 0.0171. The third-order valence-electron chi connectivity index (χ3n) is 4.79. The van der Waals surface area contributed by atoms with Crippen molar-refractivity contribution in [3.05, 3.63) is 58.6 Å². The van der Waals surface area contributed by atoms with Crippen molar-refractivity contribution in [2.75, 3.05) is 13.2 Å². The highest BCUT2D eigenvalue weighted by Gasteiger charge is 2.37. The average molecular weight is 437 g/mol. The van der Waals surface area contributed by atoms with Crippen molar-refractivity contribution >= 4 is 17.2 Å². The summed E-state index contributed by atoms with van der Waals surface area (Å²) in [7, 11) is 0. The van der Waals surface area contributed by atoms with Crippen molar-refractivity contribution in [3.8, 4) is 5.13 Å². The SMILES string of the molecule is Cc1cc(C(F)(F)F)n(-c2nc(C(=O)N[C@H]3COC[C@H]3Cc3ccncc3)cs2)n1. The number of ether oxygens (including phenoxy) is 1. The molecule has 3 aromatic heterocycles. The van der Waals surface area contributed by atoms with Gasteiger partial charge in [0.15, 0.2) is 5.69 Å². The van der Waals surface area contributed by atoms with Crippen molar-refractivity contribution < 1.29 is 22.7 Å². The van der Waals surface area contributed by atoms with Gasteiger partial charge in [0.2, 0.25) is 5.13 Å². The molecule has 0 aromatic carbocycles. The first-order valence-electron chi connectivity index (χ1n) is 9.18. The number of halogens is 3. The van der Waals surface area contributed by atoms with Crippen LogP contribution in [0.25, 0.3) is 5.13 Å². The Morgan fingerprint density at radius 1 is 1.33 bits per heavy atom. The van der Waals surface area contributed by atoms with Crippen LogP contribution in [-0.2, 0) is 17.3 Å². The van der Waals surface area contributed by atoms with E-state index < -0.39 is 17.8 Å². The minimum atomic E-state index is -4.57. The zero-order valence-electron chi connectivity index (χ0n) is 15.9. The topological polar surface area (TPSA) is 81.9 Å². The molecule has 0 radical (unpaired) electrons. The summed E-state index contributed by atoms with van der Waals surface area (Å²) in [6.45, 7) is 2.35. The first-order valence-corrected chi connectivity index (χ1v) is 10.1. The molecule has 1 saturated heterocycles. The Labute approximate surface area is 173 Å². The molecule has 1 fully saturated rings. The average Bonchev–Trinajstić information content (AvgIpc) is 3.42. The lowest BCUT2D eigenvalue weighted by Gasteiger charge is -2.18. The number of nitrogens with one attached hydrogen (secondary N) is 1. The zero-order chi connectivity index (χ0) is 21.3. The number of carbonyl (C=O) groups excluding carboxylic acids is 1. The molecular formula is C19H18F3N5O2S. The smallest absolute Gasteiger partial charge is 0.379 e. The highest BCUT2D eigenvalue weighted by atomic mass is 32.1. The summed E-state index contributed by atoms with van der Waals surface area (Å²) in [6.07, 6.45) is -0.433. The first kappa shape index (κ1) is 20.5. The largest absolute Gasteiger partial charge is 0.433 e. The fraction of sp³-hybridized carbons (Fsp3) is 0.368. The van der Waals surface area contributed by atoms with Gasteiger partial charge in [0.1, 0.15) is 5.69 Å². The van der Waals surface area contributed by atoms with Gasteiger partial charge >= 0.3 is 6.18 Å². The van der Waals surface area contributed by atoms with Gasteiger partial charge in [-0.2, -0.15) is 18.3 Å². The lowest BCUT2D eigenvalue weighted by atomic mass is 9.95. The van der Waals surface area contributed by atoms with Gasteiger partial charge in [-0.05, 0) is 37.1 Å². The second-order valence-electron chi connectivity index (χ2n) is 7.03. The van der Waals surface area contributed by atoms with Gasteiger partial charge < -0.3 is 10.1 Å². The van der Waals surface area contributed by atoms with Crippen LogP contribution in [0.5, 0.6) is 0 Å². The van der Waals surface area contributed by atoms with Crippen molar-refractivity contribution in [1.82, 2.24) is 25.1 Å². The molecule has 7 nitrogen and oxygen atoms in total. The molecular weight excluding hydrogens is 419 g/mol. The maximum atomic E-state index is 13.2. The second kappa shape index (κ2) is 8.15. The van der Waals surface area contributed by atoms with Crippen LogP contribution in [-0.4, -0.2) is 44.9 Å². The van der Waals surface area contributed by atoms with Gasteiger partial charge in [0, 0.05) is 23.7 Å². The van der Waals surface area contributed by atoms with Crippen LogP contribution in [0.15, 0.2) is 36.0 Å². The number of rotatable bonds is 5. The lowest BCUT2D eigenvalue weighted by molar-refractivity contribution is -0.142. The summed E-state index contributed by atoms with van der Waals surface area (Å²) >= 11 is 0.926. The first-order chi connectivity index (χ1) is 14.3. The molecule has 1 N–H and O–H groups in total. The number of alkyl halides is 3. The van der Waals surface area contributed by atoms with E-state index in [4.69, 9.17) is 4.74 Å². The Kier molecular flexibility index (Phi) is 5.56. The van der Waals surface area contributed by atoms with Crippen molar-refractivity contribution in [3.63, 3.8) is 0 Å². The maximum absolute atomic E-state index is 13.2. The molecule has 4 rings (SSSR count). The van der Waals surface area contributed by atoms with Crippen LogP contribution in [0.3, 0.4) is 0 Å². The lowest BCUT2D eigenvalue weighted by Crippen LogP contribution is -2.40. The highest BCUT2D eigenvalue weighted by molar-refractivity contribution is 7.12. The standard InChI is InChI=1S/C19H18F3N5O2S/c1-11-6-16(19(20,21)22)27(26-11)18-25-15(10-30-18)17(28)24-14-9-29-8-13(14)7-12-2-4-23-5-3-12/h2-6,10,13-14H,7-9H2,1H3,(H,24,28)/t13-,14+/m1/s1. The normalized spacial score (nSPS) is 19.2. The summed E-state index contributed by atoms with van der Waals surface area (Å²) in [4.78, 5) is 20.7. The van der Waals surface area contributed by atoms with Crippen molar-refractivity contribution in [2.45, 2.75) is 25.6 Å². The van der Waals surface area contributed by atoms with Crippen LogP contribution in [0, 0.1) is 12.8 Å². The molecule has 1 aliphatic rings. The van der Waals surface area contributed by atoms with Gasteiger partial charge in [-0.25, -0.2) is 9.67 Å². The zero-order valence-corrected chi connectivity index (χ0v) is 16.7. The van der Waals surface area contributed by atoms with E-state index in [-0.39, 0.29) is 28.5 Å². The van der Waals surface area contributed by atoms with Gasteiger partial charge in [-0.1, -0.05) is 0 Å². The van der Waals surface area contributed by atoms with E-state index in [2.05, 4.69) is 20.4 Å². The maximum Gasteiger partial charge on any atom is 0.433 e. The number of aryl methyl sites for hydroxylation is 1. The molecule has 158 valence electrons. The molecule has 0 saturated carbocycles. The van der Waals surface area contributed by atoms with Crippen molar-refractivity contribution in [2.24, 2.45) is 5.92 Å². The van der Waals surface area contributed by atoms with E-state index in [1.807, 2.05) is 12.1 Å². The fourth-order valence-corrected chi connectivity index (χ4v) is 4.10. The van der Waals surface area contributed by atoms with Gasteiger partial charge in [-0.15, -0.1) is 11.3 Å². The number of pyridine rings is 1. The van der Waals surface area contributed by atoms with Crippen LogP contribution >= 0.6 is 11.3 Å². The number of amides is 1. The predicted octanol–water partition coefficient (Wildman–Crippen LogP) is 3.04. The second-order valence-corrected chi connectivity index (χ2v) is 7.87. The van der Waals surface area contributed by atoms with E-state index in [1.54, 1.807) is 12.4 Å². The van der Waals surface area contributed by atoms with E-state index in [9.17, 15) is 18.0 Å². The highest BCUT2D eigenvalue weighted by Crippen LogP contribution is 2.32. The minimum Gasteiger partial charge on any atom is -0.379 e. The summed E-state index contributed by atoms with van der Waals surface area (Å²) in [6, 6.07) is 4.55. The molecule has 30 heavy (non-hydrogen) atoms. The third-order valence-corrected chi connectivity index (χ3v) is 5.61. The molecule has 3 aromatic rings. The fourth-order valence-electron chi connectivity index (χ4n) is 3.34. The molecule has 1 aliphatic heterocycles. The van der Waals surface area contributed by atoms with Gasteiger partial charge in [0.25, 0.3) is 5.91 Å². The van der Waals surface area contributed by atoms with E-state index in [1.165, 1.54) is 12.3 Å². The molecule has 0 aliphatic carbocycles.